The molecule has 2 heterocycles. The summed E-state index contributed by atoms with van der Waals surface area (Å²) in [7, 11) is -3.73. The van der Waals surface area contributed by atoms with Gasteiger partial charge in [0.25, 0.3) is 5.91 Å². The lowest BCUT2D eigenvalue weighted by molar-refractivity contribution is 0.0955. The second-order valence-corrected chi connectivity index (χ2v) is 9.60. The van der Waals surface area contributed by atoms with Crippen molar-refractivity contribution in [3.8, 4) is 11.3 Å². The first-order valence-electron chi connectivity index (χ1n) is 10.6. The van der Waals surface area contributed by atoms with Crippen molar-refractivity contribution in [3.05, 3.63) is 78.0 Å². The Morgan fingerprint density at radius 1 is 1.09 bits per heavy atom. The number of nitrogens with two attached hydrogens (primary N) is 1. The maximum atomic E-state index is 13.1. The summed E-state index contributed by atoms with van der Waals surface area (Å²) < 4.78 is 24.6. The van der Waals surface area contributed by atoms with Crippen LogP contribution in [0.25, 0.3) is 22.3 Å². The Bertz CT molecular complexity index is 1400. The zero-order valence-corrected chi connectivity index (χ0v) is 19.2. The van der Waals surface area contributed by atoms with Gasteiger partial charge in [0.2, 0.25) is 10.0 Å². The van der Waals surface area contributed by atoms with Crippen LogP contribution in [0.3, 0.4) is 0 Å². The van der Waals surface area contributed by atoms with Gasteiger partial charge in [-0.3, -0.25) is 4.79 Å². The second-order valence-electron chi connectivity index (χ2n) is 8.04. The van der Waals surface area contributed by atoms with Crippen molar-refractivity contribution >= 4 is 27.0 Å². The van der Waals surface area contributed by atoms with Gasteiger partial charge in [0.05, 0.1) is 27.7 Å². The molecule has 3 N–H and O–H groups in total. The van der Waals surface area contributed by atoms with Crippen LogP contribution in [-0.2, 0) is 16.4 Å². The molecule has 1 amide bonds. The van der Waals surface area contributed by atoms with Crippen LogP contribution in [0, 0.1) is 0 Å². The number of pyridine rings is 1. The lowest BCUT2D eigenvalue weighted by Gasteiger charge is -2.11. The number of hydrogen-bond donors (Lipinski definition) is 2. The third-order valence-corrected chi connectivity index (χ3v) is 6.25. The highest BCUT2D eigenvalue weighted by molar-refractivity contribution is 7.89. The number of primary sulfonamides is 1. The van der Waals surface area contributed by atoms with Crippen molar-refractivity contribution in [1.82, 2.24) is 20.1 Å². The standard InChI is InChI=1S/C24H25N5O3S/c1-16(2)29-23-21(15-27-29)20(14-22(28-23)18-6-4-3-5-7-18)24(30)26-13-12-17-8-10-19(11-9-17)33(25,31)32/h3-11,14-16H,12-13H2,1-2H3,(H,26,30)(H2,25,31,32). The number of aromatic nitrogens is 3. The molecule has 33 heavy (non-hydrogen) atoms. The van der Waals surface area contributed by atoms with E-state index in [4.69, 9.17) is 10.1 Å². The Morgan fingerprint density at radius 3 is 2.42 bits per heavy atom. The van der Waals surface area contributed by atoms with Crippen molar-refractivity contribution in [2.75, 3.05) is 6.54 Å². The average Bonchev–Trinajstić information content (AvgIpc) is 3.23. The fourth-order valence-corrected chi connectivity index (χ4v) is 4.12. The Labute approximate surface area is 192 Å². The summed E-state index contributed by atoms with van der Waals surface area (Å²) in [6.07, 6.45) is 2.22. The maximum Gasteiger partial charge on any atom is 0.252 e. The number of sulfonamides is 1. The molecule has 0 unspecified atom stereocenters. The zero-order valence-electron chi connectivity index (χ0n) is 18.4. The van der Waals surface area contributed by atoms with Crippen molar-refractivity contribution in [3.63, 3.8) is 0 Å². The summed E-state index contributed by atoms with van der Waals surface area (Å²) in [5.41, 5.74) is 3.68. The fraction of sp³-hybridized carbons (Fsp3) is 0.208. The third-order valence-electron chi connectivity index (χ3n) is 5.32. The summed E-state index contributed by atoms with van der Waals surface area (Å²) in [6, 6.07) is 17.9. The van der Waals surface area contributed by atoms with E-state index in [2.05, 4.69) is 10.4 Å². The molecule has 0 radical (unpaired) electrons. The molecule has 0 atom stereocenters. The summed E-state index contributed by atoms with van der Waals surface area (Å²) in [5, 5.41) is 13.2. The molecule has 9 heteroatoms. The number of benzene rings is 2. The van der Waals surface area contributed by atoms with E-state index in [-0.39, 0.29) is 16.8 Å². The van der Waals surface area contributed by atoms with Gasteiger partial charge in [0.15, 0.2) is 5.65 Å². The molecule has 0 aliphatic carbocycles. The summed E-state index contributed by atoms with van der Waals surface area (Å²) >= 11 is 0. The Hall–Kier alpha value is -3.56. The summed E-state index contributed by atoms with van der Waals surface area (Å²) in [4.78, 5) is 18.0. The second kappa shape index (κ2) is 9.13. The normalized spacial score (nSPS) is 11.8. The molecular formula is C24H25N5O3S. The van der Waals surface area contributed by atoms with Gasteiger partial charge in [-0.15, -0.1) is 0 Å². The highest BCUT2D eigenvalue weighted by Crippen LogP contribution is 2.26. The fourth-order valence-electron chi connectivity index (χ4n) is 3.60. The van der Waals surface area contributed by atoms with Crippen LogP contribution < -0.4 is 10.5 Å². The smallest absolute Gasteiger partial charge is 0.252 e. The molecule has 0 aliphatic heterocycles. The van der Waals surface area contributed by atoms with Gasteiger partial charge in [-0.1, -0.05) is 42.5 Å². The van der Waals surface area contributed by atoms with E-state index in [9.17, 15) is 13.2 Å². The number of amides is 1. The van der Waals surface area contributed by atoms with Crippen LogP contribution >= 0.6 is 0 Å². The highest BCUT2D eigenvalue weighted by atomic mass is 32.2. The van der Waals surface area contributed by atoms with E-state index in [0.29, 0.717) is 35.3 Å². The lowest BCUT2D eigenvalue weighted by Crippen LogP contribution is -2.26. The quantitative estimate of drug-likeness (QED) is 0.436. The molecule has 2 aromatic carbocycles. The van der Waals surface area contributed by atoms with Gasteiger partial charge < -0.3 is 5.32 Å². The molecule has 0 spiro atoms. The van der Waals surface area contributed by atoms with Crippen LogP contribution in [-0.4, -0.2) is 35.6 Å². The zero-order chi connectivity index (χ0) is 23.6. The Kier molecular flexibility index (Phi) is 6.26. The molecule has 2 aromatic heterocycles. The van der Waals surface area contributed by atoms with Gasteiger partial charge in [0, 0.05) is 18.2 Å². The molecule has 170 valence electrons. The minimum Gasteiger partial charge on any atom is -0.352 e. The number of hydrogen-bond acceptors (Lipinski definition) is 5. The number of rotatable bonds is 7. The molecule has 0 fully saturated rings. The first-order chi connectivity index (χ1) is 15.7. The summed E-state index contributed by atoms with van der Waals surface area (Å²) in [5.74, 6) is -0.218. The number of carbonyl (C=O) groups is 1. The van der Waals surface area contributed by atoms with Crippen LogP contribution in [0.1, 0.15) is 35.8 Å². The molecule has 0 bridgehead atoms. The molecule has 4 rings (SSSR count). The maximum absolute atomic E-state index is 13.1. The van der Waals surface area contributed by atoms with E-state index >= 15 is 0 Å². The predicted molar refractivity (Wildman–Crippen MR) is 127 cm³/mol. The topological polar surface area (TPSA) is 120 Å². The lowest BCUT2D eigenvalue weighted by atomic mass is 10.1. The van der Waals surface area contributed by atoms with Gasteiger partial charge in [-0.2, -0.15) is 5.10 Å². The first kappa shape index (κ1) is 22.6. The SMILES string of the molecule is CC(C)n1ncc2c(C(=O)NCCc3ccc(S(N)(=O)=O)cc3)cc(-c3ccccc3)nc21. The van der Waals surface area contributed by atoms with Crippen LogP contribution in [0.4, 0.5) is 0 Å². The monoisotopic (exact) mass is 463 g/mol. The number of fused-ring (bicyclic) bond motifs is 1. The molecule has 8 nitrogen and oxygen atoms in total. The van der Waals surface area contributed by atoms with Crippen LogP contribution in [0.15, 0.2) is 71.8 Å². The van der Waals surface area contributed by atoms with E-state index in [1.807, 2.05) is 48.9 Å². The van der Waals surface area contributed by atoms with Crippen molar-refractivity contribution in [2.24, 2.45) is 5.14 Å². The Morgan fingerprint density at radius 2 is 1.79 bits per heavy atom. The predicted octanol–water partition coefficient (Wildman–Crippen LogP) is 3.30. The van der Waals surface area contributed by atoms with Crippen molar-refractivity contribution in [1.29, 1.82) is 0 Å². The Balaban J connectivity index is 1.58. The van der Waals surface area contributed by atoms with Gasteiger partial charge >= 0.3 is 0 Å². The molecule has 0 saturated heterocycles. The number of nitrogens with one attached hydrogen (secondary N) is 1. The molecule has 0 saturated carbocycles. The van der Waals surface area contributed by atoms with Crippen molar-refractivity contribution in [2.45, 2.75) is 31.2 Å². The minimum absolute atomic E-state index is 0.0602. The van der Waals surface area contributed by atoms with Gasteiger partial charge in [-0.05, 0) is 44.0 Å². The number of carbonyl (C=O) groups excluding carboxylic acids is 1. The number of nitrogens with zero attached hydrogens (tertiary/aromatic N) is 3. The molecule has 4 aromatic rings. The highest BCUT2D eigenvalue weighted by Gasteiger charge is 2.18. The van der Waals surface area contributed by atoms with Gasteiger partial charge in [0.1, 0.15) is 0 Å². The third kappa shape index (κ3) is 4.94. The van der Waals surface area contributed by atoms with Crippen molar-refractivity contribution < 1.29 is 13.2 Å². The molecular weight excluding hydrogens is 438 g/mol. The average molecular weight is 464 g/mol. The first-order valence-corrected chi connectivity index (χ1v) is 12.1. The largest absolute Gasteiger partial charge is 0.352 e. The summed E-state index contributed by atoms with van der Waals surface area (Å²) in [6.45, 7) is 4.42. The van der Waals surface area contributed by atoms with E-state index < -0.39 is 10.0 Å². The van der Waals surface area contributed by atoms with Crippen LogP contribution in [0.2, 0.25) is 0 Å². The molecule has 0 aliphatic rings. The van der Waals surface area contributed by atoms with E-state index in [1.54, 1.807) is 24.4 Å². The minimum atomic E-state index is -3.73. The van der Waals surface area contributed by atoms with E-state index in [1.165, 1.54) is 12.1 Å². The van der Waals surface area contributed by atoms with Gasteiger partial charge in [-0.25, -0.2) is 23.2 Å². The van der Waals surface area contributed by atoms with E-state index in [0.717, 1.165) is 11.1 Å². The van der Waals surface area contributed by atoms with Crippen LogP contribution in [0.5, 0.6) is 0 Å².